The van der Waals surface area contributed by atoms with Crippen molar-refractivity contribution in [3.63, 3.8) is 0 Å². The fourth-order valence-corrected chi connectivity index (χ4v) is 4.24. The van der Waals surface area contributed by atoms with E-state index in [2.05, 4.69) is 14.8 Å². The van der Waals surface area contributed by atoms with E-state index in [1.807, 2.05) is 36.4 Å². The van der Waals surface area contributed by atoms with Crippen LogP contribution in [0.25, 0.3) is 0 Å². The van der Waals surface area contributed by atoms with Crippen LogP contribution in [0.4, 0.5) is 0 Å². The van der Waals surface area contributed by atoms with Gasteiger partial charge in [0.05, 0.1) is 5.30 Å². The van der Waals surface area contributed by atoms with Crippen LogP contribution >= 0.6 is 42.2 Å². The summed E-state index contributed by atoms with van der Waals surface area (Å²) in [7, 11) is -3.48. The van der Waals surface area contributed by atoms with Crippen LogP contribution in [0.1, 0.15) is 5.56 Å². The van der Waals surface area contributed by atoms with Crippen LogP contribution in [0.2, 0.25) is 0 Å². The first-order valence-corrected chi connectivity index (χ1v) is 9.39. The molecule has 1 N–H and O–H groups in total. The van der Waals surface area contributed by atoms with Gasteiger partial charge in [0.15, 0.2) is 5.84 Å². The Morgan fingerprint density at radius 3 is 2.00 bits per heavy atom. The minimum Gasteiger partial charge on any atom is -0.324 e. The van der Waals surface area contributed by atoms with Gasteiger partial charge in [-0.2, -0.15) is 9.53 Å². The molecule has 3 rings (SSSR count). The lowest BCUT2D eigenvalue weighted by molar-refractivity contribution is 0.582. The molecule has 0 amide bonds. The van der Waals surface area contributed by atoms with Gasteiger partial charge in [-0.1, -0.05) is 83.3 Å². The second-order valence-corrected chi connectivity index (χ2v) is 9.05. The van der Waals surface area contributed by atoms with Crippen molar-refractivity contribution in [3.05, 3.63) is 66.2 Å². The van der Waals surface area contributed by atoms with Gasteiger partial charge in [0.1, 0.15) is 5.84 Å². The zero-order valence-electron chi connectivity index (χ0n) is 11.7. The Morgan fingerprint density at radius 1 is 0.870 bits per heavy atom. The van der Waals surface area contributed by atoms with Crippen molar-refractivity contribution in [3.8, 4) is 0 Å². The maximum absolute atomic E-state index is 13.3. The number of nitrogens with zero attached hydrogens (tertiary/aromatic N) is 2. The molecule has 1 unspecified atom stereocenters. The first-order valence-electron chi connectivity index (χ1n) is 6.64. The molecule has 4 nitrogen and oxygen atoms in total. The summed E-state index contributed by atoms with van der Waals surface area (Å²) in [5.74, 6) is 0.345. The molecule has 0 saturated carbocycles. The van der Waals surface area contributed by atoms with E-state index in [9.17, 15) is 4.57 Å². The highest BCUT2D eigenvalue weighted by Gasteiger charge is 2.37. The van der Waals surface area contributed by atoms with Crippen LogP contribution in [-0.4, -0.2) is 15.5 Å². The number of alkyl halides is 3. The summed E-state index contributed by atoms with van der Waals surface area (Å²) in [4.78, 5) is 0. The van der Waals surface area contributed by atoms with E-state index in [-0.39, 0.29) is 5.84 Å². The van der Waals surface area contributed by atoms with Crippen molar-refractivity contribution < 1.29 is 4.57 Å². The van der Waals surface area contributed by atoms with Crippen LogP contribution < -0.4 is 10.6 Å². The van der Waals surface area contributed by atoms with Gasteiger partial charge in [0.25, 0.3) is 0 Å². The summed E-state index contributed by atoms with van der Waals surface area (Å²) in [6.45, 7) is 0. The highest BCUT2D eigenvalue weighted by Crippen LogP contribution is 2.51. The number of nitrogens with one attached hydrogen (secondary N) is 1. The Kier molecular flexibility index (Phi) is 4.52. The molecule has 0 bridgehead atoms. The van der Waals surface area contributed by atoms with Crippen molar-refractivity contribution in [1.82, 2.24) is 5.32 Å². The van der Waals surface area contributed by atoms with E-state index >= 15 is 0 Å². The fraction of sp³-hybridized carbons (Fsp3) is 0.0667. The van der Waals surface area contributed by atoms with Crippen molar-refractivity contribution in [2.45, 2.75) is 3.79 Å². The zero-order chi connectivity index (χ0) is 16.5. The van der Waals surface area contributed by atoms with Gasteiger partial charge >= 0.3 is 7.44 Å². The monoisotopic (exact) mass is 385 g/mol. The number of benzene rings is 2. The molecule has 0 aliphatic carbocycles. The lowest BCUT2D eigenvalue weighted by atomic mass is 10.2. The van der Waals surface area contributed by atoms with Crippen LogP contribution in [-0.2, 0) is 4.57 Å². The van der Waals surface area contributed by atoms with Crippen LogP contribution in [0.3, 0.4) is 0 Å². The summed E-state index contributed by atoms with van der Waals surface area (Å²) >= 11 is 17.8. The predicted molar refractivity (Wildman–Crippen MR) is 97.5 cm³/mol. The SMILES string of the molecule is O=P1(c2ccccc2)N=C(c2ccccc2)NC(C(Cl)(Cl)Cl)=N1. The van der Waals surface area contributed by atoms with E-state index in [0.717, 1.165) is 5.56 Å². The van der Waals surface area contributed by atoms with Crippen molar-refractivity contribution in [2.24, 2.45) is 9.53 Å². The molecule has 8 heteroatoms. The highest BCUT2D eigenvalue weighted by molar-refractivity contribution is 7.69. The first kappa shape index (κ1) is 16.5. The van der Waals surface area contributed by atoms with E-state index in [0.29, 0.717) is 11.1 Å². The predicted octanol–water partition coefficient (Wildman–Crippen LogP) is 4.32. The molecule has 0 saturated heterocycles. The quantitative estimate of drug-likeness (QED) is 0.617. The summed E-state index contributed by atoms with van der Waals surface area (Å²) in [6.07, 6.45) is 0. The lowest BCUT2D eigenvalue weighted by Crippen LogP contribution is -2.41. The molecule has 2 aromatic carbocycles. The zero-order valence-corrected chi connectivity index (χ0v) is 14.8. The number of hydrogen-bond acceptors (Lipinski definition) is 2. The molecule has 23 heavy (non-hydrogen) atoms. The normalized spacial score (nSPS) is 21.2. The molecule has 0 fully saturated rings. The molecule has 1 aliphatic heterocycles. The minimum absolute atomic E-state index is 0.0106. The molecule has 0 aromatic heterocycles. The number of hydrogen-bond donors (Lipinski definition) is 1. The first-order chi connectivity index (χ1) is 10.9. The molecular formula is C15H11Cl3N3OP. The van der Waals surface area contributed by atoms with Gasteiger partial charge in [0, 0.05) is 5.56 Å². The van der Waals surface area contributed by atoms with E-state index in [4.69, 9.17) is 34.8 Å². The molecular weight excluding hydrogens is 376 g/mol. The third-order valence-electron chi connectivity index (χ3n) is 3.12. The Morgan fingerprint density at radius 2 is 1.43 bits per heavy atom. The smallest absolute Gasteiger partial charge is 0.324 e. The number of halogens is 3. The number of rotatable bonds is 2. The van der Waals surface area contributed by atoms with Gasteiger partial charge in [-0.05, 0) is 12.1 Å². The summed E-state index contributed by atoms with van der Waals surface area (Å²) in [5, 5.41) is 3.34. The van der Waals surface area contributed by atoms with Gasteiger partial charge in [-0.3, -0.25) is 4.57 Å². The van der Waals surface area contributed by atoms with Gasteiger partial charge in [0.2, 0.25) is 3.79 Å². The van der Waals surface area contributed by atoms with E-state index in [1.54, 1.807) is 24.3 Å². The molecule has 2 aromatic rings. The molecule has 1 heterocycles. The topological polar surface area (TPSA) is 53.8 Å². The van der Waals surface area contributed by atoms with Crippen molar-refractivity contribution in [2.75, 3.05) is 0 Å². The average molecular weight is 387 g/mol. The van der Waals surface area contributed by atoms with E-state index < -0.39 is 11.2 Å². The number of amidine groups is 2. The van der Waals surface area contributed by atoms with Crippen LogP contribution in [0, 0.1) is 0 Å². The van der Waals surface area contributed by atoms with Crippen LogP contribution in [0.15, 0.2) is 70.2 Å². The standard InChI is InChI=1S/C15H11Cl3N3OP/c16-15(17,18)14-19-13(11-7-3-1-4-8-11)20-23(22,21-14)12-9-5-2-6-10-12/h1-10H,(H,19,20,21,22). The van der Waals surface area contributed by atoms with Gasteiger partial charge in [-0.15, -0.1) is 0 Å². The lowest BCUT2D eigenvalue weighted by Gasteiger charge is -2.25. The molecule has 0 radical (unpaired) electrons. The highest BCUT2D eigenvalue weighted by atomic mass is 35.6. The Hall–Kier alpha value is -1.32. The van der Waals surface area contributed by atoms with Crippen molar-refractivity contribution >= 4 is 59.2 Å². The summed E-state index contributed by atoms with van der Waals surface area (Å²) < 4.78 is 19.9. The Labute approximate surface area is 148 Å². The average Bonchev–Trinajstić information content (AvgIpc) is 2.55. The Balaban J connectivity index is 2.15. The third-order valence-corrected chi connectivity index (χ3v) is 5.57. The summed E-state index contributed by atoms with van der Waals surface area (Å²) in [5.41, 5.74) is 0.727. The van der Waals surface area contributed by atoms with Gasteiger partial charge < -0.3 is 5.32 Å². The fourth-order valence-electron chi connectivity index (χ4n) is 2.05. The molecule has 1 atom stereocenters. The van der Waals surface area contributed by atoms with Crippen molar-refractivity contribution in [1.29, 1.82) is 0 Å². The third kappa shape index (κ3) is 3.61. The molecule has 1 aliphatic rings. The van der Waals surface area contributed by atoms with E-state index in [1.165, 1.54) is 0 Å². The maximum atomic E-state index is 13.3. The Bertz CT molecular complexity index is 817. The molecule has 118 valence electrons. The minimum atomic E-state index is -3.48. The van der Waals surface area contributed by atoms with Gasteiger partial charge in [-0.25, -0.2) is 0 Å². The van der Waals surface area contributed by atoms with Crippen LogP contribution in [0.5, 0.6) is 0 Å². The molecule has 0 spiro atoms. The summed E-state index contributed by atoms with van der Waals surface area (Å²) in [6, 6.07) is 17.9. The maximum Gasteiger partial charge on any atom is 0.332 e. The second kappa shape index (κ2) is 6.29. The second-order valence-electron chi connectivity index (χ2n) is 4.77. The largest absolute Gasteiger partial charge is 0.332 e.